The number of benzene rings is 1. The lowest BCUT2D eigenvalue weighted by atomic mass is 10.1. The van der Waals surface area contributed by atoms with Crippen LogP contribution in [-0.2, 0) is 6.54 Å². The van der Waals surface area contributed by atoms with Crippen LogP contribution in [0, 0.1) is 0 Å². The van der Waals surface area contributed by atoms with E-state index in [1.807, 2.05) is 30.5 Å². The maximum atomic E-state index is 13.5. The highest BCUT2D eigenvalue weighted by Gasteiger charge is 2.40. The Kier molecular flexibility index (Phi) is 4.14. The first-order chi connectivity index (χ1) is 14.3. The number of hydrogen-bond donors (Lipinski definition) is 1. The Morgan fingerprint density at radius 1 is 1.23 bits per heavy atom. The number of alkyl halides is 2. The molecule has 0 amide bonds. The molecule has 0 fully saturated rings. The second kappa shape index (κ2) is 6.63. The molecule has 1 atom stereocenters. The summed E-state index contributed by atoms with van der Waals surface area (Å²) < 4.78 is 38.8. The second-order valence-corrected chi connectivity index (χ2v) is 7.56. The highest BCUT2D eigenvalue weighted by molar-refractivity contribution is 5.59. The third kappa shape index (κ3) is 3.04. The summed E-state index contributed by atoms with van der Waals surface area (Å²) in [6.07, 6.45) is -2.81. The molecule has 1 unspecified atom stereocenters. The maximum Gasteiger partial charge on any atom is 0.433 e. The number of aliphatic hydroxyl groups is 1. The molecule has 1 N–H and O–H groups in total. The topological polar surface area (TPSA) is 85.5 Å². The summed E-state index contributed by atoms with van der Waals surface area (Å²) in [6, 6.07) is 8.61. The molecule has 30 heavy (non-hydrogen) atoms. The van der Waals surface area contributed by atoms with Crippen LogP contribution in [-0.4, -0.2) is 37.6 Å². The van der Waals surface area contributed by atoms with Crippen molar-refractivity contribution in [2.24, 2.45) is 0 Å². The first kappa shape index (κ1) is 18.7. The minimum atomic E-state index is -3.40. The number of aromatic nitrogens is 4. The first-order valence-electron chi connectivity index (χ1n) is 9.50. The molecule has 5 rings (SSSR count). The molecule has 156 valence electrons. The molecular weight excluding hydrogens is 396 g/mol. The molecule has 0 radical (unpaired) electrons. The normalized spacial score (nSPS) is 19.3. The van der Waals surface area contributed by atoms with E-state index in [-0.39, 0.29) is 17.5 Å². The standard InChI is InChI=1S/C20H19F2N5O3/c1-11(2)27-10-23-25-18(27)14-4-3-5-17(24-14)26-8-12-6-15-16(7-13(12)19(26)28)30-20(21,22)9-29-15/h3-7,10-11,19,28H,8-9H2,1-2H3. The minimum Gasteiger partial charge on any atom is -0.479 e. The number of rotatable bonds is 3. The van der Waals surface area contributed by atoms with E-state index < -0.39 is 18.9 Å². The van der Waals surface area contributed by atoms with Crippen LogP contribution in [0.25, 0.3) is 11.5 Å². The van der Waals surface area contributed by atoms with Crippen LogP contribution in [0.5, 0.6) is 11.5 Å². The van der Waals surface area contributed by atoms with Crippen molar-refractivity contribution in [3.8, 4) is 23.0 Å². The zero-order chi connectivity index (χ0) is 21.0. The molecule has 0 saturated carbocycles. The molecule has 2 aromatic heterocycles. The minimum absolute atomic E-state index is 0.0855. The predicted molar refractivity (Wildman–Crippen MR) is 102 cm³/mol. The lowest BCUT2D eigenvalue weighted by molar-refractivity contribution is -0.208. The van der Waals surface area contributed by atoms with E-state index in [9.17, 15) is 13.9 Å². The molecule has 0 bridgehead atoms. The van der Waals surface area contributed by atoms with E-state index >= 15 is 0 Å². The third-order valence-electron chi connectivity index (χ3n) is 5.16. The third-order valence-corrected chi connectivity index (χ3v) is 5.16. The summed E-state index contributed by atoms with van der Waals surface area (Å²) in [6.45, 7) is 3.54. The van der Waals surface area contributed by atoms with Gasteiger partial charge in [0.25, 0.3) is 0 Å². The van der Waals surface area contributed by atoms with Gasteiger partial charge in [-0.1, -0.05) is 6.07 Å². The van der Waals surface area contributed by atoms with E-state index in [1.165, 1.54) is 6.07 Å². The fourth-order valence-electron chi connectivity index (χ4n) is 3.70. The van der Waals surface area contributed by atoms with Gasteiger partial charge in [-0.05, 0) is 43.7 Å². The van der Waals surface area contributed by atoms with Gasteiger partial charge in [0.2, 0.25) is 0 Å². The van der Waals surface area contributed by atoms with Gasteiger partial charge >= 0.3 is 6.11 Å². The van der Waals surface area contributed by atoms with Gasteiger partial charge in [-0.25, -0.2) is 4.98 Å². The number of fused-ring (bicyclic) bond motifs is 2. The SMILES string of the molecule is CC(C)n1cnnc1-c1cccc(N2Cc3cc4c(cc3C2O)OC(F)(F)CO4)n1. The van der Waals surface area contributed by atoms with Gasteiger partial charge in [0, 0.05) is 18.2 Å². The molecule has 0 saturated heterocycles. The van der Waals surface area contributed by atoms with Gasteiger partial charge in [-0.3, -0.25) is 0 Å². The van der Waals surface area contributed by atoms with E-state index in [0.29, 0.717) is 29.4 Å². The fourth-order valence-corrected chi connectivity index (χ4v) is 3.70. The van der Waals surface area contributed by atoms with Crippen molar-refractivity contribution in [3.05, 3.63) is 47.8 Å². The molecule has 2 aliphatic heterocycles. The number of anilines is 1. The predicted octanol–water partition coefficient (Wildman–Crippen LogP) is 3.30. The number of pyridine rings is 1. The molecule has 0 spiro atoms. The molecule has 3 aromatic rings. The van der Waals surface area contributed by atoms with Gasteiger partial charge in [0.05, 0.1) is 0 Å². The Balaban J connectivity index is 1.48. The average molecular weight is 415 g/mol. The number of nitrogens with zero attached hydrogens (tertiary/aromatic N) is 5. The van der Waals surface area contributed by atoms with Gasteiger partial charge in [0.15, 0.2) is 30.2 Å². The van der Waals surface area contributed by atoms with Crippen molar-refractivity contribution >= 4 is 5.82 Å². The van der Waals surface area contributed by atoms with Crippen LogP contribution < -0.4 is 14.4 Å². The molecular formula is C20H19F2N5O3. The average Bonchev–Trinajstić information content (AvgIpc) is 3.32. The van der Waals surface area contributed by atoms with E-state index in [1.54, 1.807) is 23.4 Å². The maximum absolute atomic E-state index is 13.5. The zero-order valence-corrected chi connectivity index (χ0v) is 16.3. The van der Waals surface area contributed by atoms with Gasteiger partial charge in [-0.15, -0.1) is 10.2 Å². The van der Waals surface area contributed by atoms with Crippen LogP contribution in [0.2, 0.25) is 0 Å². The fraction of sp³-hybridized carbons (Fsp3) is 0.350. The number of halogens is 2. The molecule has 0 aliphatic carbocycles. The van der Waals surface area contributed by atoms with Crippen LogP contribution in [0.3, 0.4) is 0 Å². The van der Waals surface area contributed by atoms with E-state index in [0.717, 1.165) is 5.56 Å². The van der Waals surface area contributed by atoms with Crippen LogP contribution in [0.1, 0.15) is 37.2 Å². The highest BCUT2D eigenvalue weighted by Crippen LogP contribution is 2.44. The zero-order valence-electron chi connectivity index (χ0n) is 16.3. The van der Waals surface area contributed by atoms with Gasteiger partial charge in [0.1, 0.15) is 17.8 Å². The first-order valence-corrected chi connectivity index (χ1v) is 9.50. The van der Waals surface area contributed by atoms with E-state index in [4.69, 9.17) is 9.47 Å². The Morgan fingerprint density at radius 2 is 2.07 bits per heavy atom. The number of hydrogen-bond acceptors (Lipinski definition) is 7. The summed E-state index contributed by atoms with van der Waals surface area (Å²) >= 11 is 0. The van der Waals surface area contributed by atoms with Gasteiger partial charge in [-0.2, -0.15) is 8.78 Å². The lowest BCUT2D eigenvalue weighted by Crippen LogP contribution is -2.36. The smallest absolute Gasteiger partial charge is 0.433 e. The summed E-state index contributed by atoms with van der Waals surface area (Å²) in [7, 11) is 0. The van der Waals surface area contributed by atoms with Crippen LogP contribution in [0.4, 0.5) is 14.6 Å². The van der Waals surface area contributed by atoms with Crippen molar-refractivity contribution in [1.29, 1.82) is 0 Å². The summed E-state index contributed by atoms with van der Waals surface area (Å²) in [4.78, 5) is 6.33. The highest BCUT2D eigenvalue weighted by atomic mass is 19.3. The Hall–Kier alpha value is -3.27. The second-order valence-electron chi connectivity index (χ2n) is 7.56. The Labute approximate surface area is 170 Å². The molecule has 8 nitrogen and oxygen atoms in total. The summed E-state index contributed by atoms with van der Waals surface area (Å²) in [5, 5.41) is 19.0. The summed E-state index contributed by atoms with van der Waals surface area (Å²) in [5.41, 5.74) is 1.85. The number of aliphatic hydroxyl groups excluding tert-OH is 1. The van der Waals surface area contributed by atoms with Crippen molar-refractivity contribution in [2.75, 3.05) is 11.5 Å². The Morgan fingerprint density at radius 3 is 2.87 bits per heavy atom. The molecule has 1 aromatic carbocycles. The van der Waals surface area contributed by atoms with Crippen molar-refractivity contribution in [3.63, 3.8) is 0 Å². The lowest BCUT2D eigenvalue weighted by Gasteiger charge is -2.26. The Bertz CT molecular complexity index is 1120. The number of ether oxygens (including phenoxy) is 2. The van der Waals surface area contributed by atoms with Crippen molar-refractivity contribution < 1.29 is 23.4 Å². The van der Waals surface area contributed by atoms with E-state index in [2.05, 4.69) is 15.2 Å². The van der Waals surface area contributed by atoms with Crippen molar-refractivity contribution in [1.82, 2.24) is 19.7 Å². The van der Waals surface area contributed by atoms with Gasteiger partial charge < -0.3 is 24.0 Å². The molecule has 4 heterocycles. The largest absolute Gasteiger partial charge is 0.479 e. The molecule has 10 heteroatoms. The van der Waals surface area contributed by atoms with Crippen molar-refractivity contribution in [2.45, 2.75) is 38.8 Å². The monoisotopic (exact) mass is 415 g/mol. The summed E-state index contributed by atoms with van der Waals surface area (Å²) in [5.74, 6) is 1.30. The van der Waals surface area contributed by atoms with Crippen LogP contribution in [0.15, 0.2) is 36.7 Å². The quantitative estimate of drug-likeness (QED) is 0.703. The van der Waals surface area contributed by atoms with Crippen LogP contribution >= 0.6 is 0 Å². The molecule has 2 aliphatic rings.